The molecule has 0 spiro atoms. The summed E-state index contributed by atoms with van der Waals surface area (Å²) in [7, 11) is 0. The fraction of sp³-hybridized carbons (Fsp3) is 0.429. The van der Waals surface area contributed by atoms with Crippen LogP contribution in [0.4, 0.5) is 13.2 Å². The number of halogens is 3. The zero-order valence-electron chi connectivity index (χ0n) is 11.0. The summed E-state index contributed by atoms with van der Waals surface area (Å²) in [6.45, 7) is -0.0321. The Labute approximate surface area is 118 Å². The molecule has 4 nitrogen and oxygen atoms in total. The predicted octanol–water partition coefficient (Wildman–Crippen LogP) is 1.97. The van der Waals surface area contributed by atoms with Crippen LogP contribution in [-0.2, 0) is 0 Å². The fourth-order valence-electron chi connectivity index (χ4n) is 2.88. The van der Waals surface area contributed by atoms with Gasteiger partial charge in [-0.05, 0) is 25.0 Å². The highest BCUT2D eigenvalue weighted by atomic mass is 19.4. The van der Waals surface area contributed by atoms with Crippen LogP contribution in [0.15, 0.2) is 24.3 Å². The van der Waals surface area contributed by atoms with E-state index in [2.05, 4.69) is 5.32 Å². The Morgan fingerprint density at radius 3 is 2.05 bits per heavy atom. The van der Waals surface area contributed by atoms with Gasteiger partial charge in [0.05, 0.1) is 17.2 Å². The van der Waals surface area contributed by atoms with Crippen LogP contribution in [0.1, 0.15) is 33.6 Å². The van der Waals surface area contributed by atoms with Gasteiger partial charge in [0.1, 0.15) is 6.04 Å². The van der Waals surface area contributed by atoms with Crippen LogP contribution in [0.25, 0.3) is 0 Å². The van der Waals surface area contributed by atoms with Gasteiger partial charge in [0, 0.05) is 6.54 Å². The van der Waals surface area contributed by atoms with Crippen molar-refractivity contribution >= 4 is 11.8 Å². The van der Waals surface area contributed by atoms with Crippen molar-refractivity contribution in [3.8, 4) is 0 Å². The number of alkyl halides is 3. The first kappa shape index (κ1) is 14.1. The van der Waals surface area contributed by atoms with Crippen molar-refractivity contribution < 1.29 is 22.8 Å². The SMILES string of the molecule is O=C1c2ccccc2C(=O)N1[C@H]1CC[C@@H](C(F)(F)F)NC1. The quantitative estimate of drug-likeness (QED) is 0.806. The molecule has 0 unspecified atom stereocenters. The van der Waals surface area contributed by atoms with Gasteiger partial charge in [-0.25, -0.2) is 0 Å². The number of imide groups is 1. The van der Waals surface area contributed by atoms with Crippen molar-refractivity contribution in [2.45, 2.75) is 31.1 Å². The van der Waals surface area contributed by atoms with Crippen molar-refractivity contribution in [1.29, 1.82) is 0 Å². The third-order valence-corrected chi connectivity index (χ3v) is 3.97. The second-order valence-corrected chi connectivity index (χ2v) is 5.26. The lowest BCUT2D eigenvalue weighted by atomic mass is 9.99. The van der Waals surface area contributed by atoms with Gasteiger partial charge in [0.15, 0.2) is 0 Å². The van der Waals surface area contributed by atoms with Gasteiger partial charge in [0.2, 0.25) is 0 Å². The molecule has 1 aromatic carbocycles. The van der Waals surface area contributed by atoms with Crippen molar-refractivity contribution in [1.82, 2.24) is 10.2 Å². The third-order valence-electron chi connectivity index (χ3n) is 3.97. The molecule has 0 aliphatic carbocycles. The maximum absolute atomic E-state index is 12.6. The van der Waals surface area contributed by atoms with Crippen molar-refractivity contribution in [2.24, 2.45) is 0 Å². The lowest BCUT2D eigenvalue weighted by molar-refractivity contribution is -0.161. The topological polar surface area (TPSA) is 49.4 Å². The standard InChI is InChI=1S/C14H13F3N2O2/c15-14(16,17)11-6-5-8(7-18-11)19-12(20)9-3-1-2-4-10(9)13(19)21/h1-4,8,11,18H,5-7H2/t8-,11-/m0/s1. The average molecular weight is 298 g/mol. The zero-order valence-corrected chi connectivity index (χ0v) is 11.0. The maximum atomic E-state index is 12.6. The molecule has 0 aromatic heterocycles. The first-order valence-corrected chi connectivity index (χ1v) is 6.66. The third kappa shape index (κ3) is 2.31. The van der Waals surface area contributed by atoms with E-state index in [4.69, 9.17) is 0 Å². The van der Waals surface area contributed by atoms with E-state index >= 15 is 0 Å². The Morgan fingerprint density at radius 1 is 1.05 bits per heavy atom. The summed E-state index contributed by atoms with van der Waals surface area (Å²) in [5.74, 6) is -0.847. The lowest BCUT2D eigenvalue weighted by Crippen LogP contribution is -2.55. The molecule has 2 aliphatic heterocycles. The smallest absolute Gasteiger partial charge is 0.304 e. The van der Waals surface area contributed by atoms with Crippen LogP contribution < -0.4 is 5.32 Å². The van der Waals surface area contributed by atoms with E-state index in [1.807, 2.05) is 0 Å². The summed E-state index contributed by atoms with van der Waals surface area (Å²) < 4.78 is 37.8. The number of nitrogens with zero attached hydrogens (tertiary/aromatic N) is 1. The van der Waals surface area contributed by atoms with Crippen LogP contribution in [0, 0.1) is 0 Å². The minimum atomic E-state index is -4.30. The van der Waals surface area contributed by atoms with E-state index in [1.54, 1.807) is 24.3 Å². The largest absolute Gasteiger partial charge is 0.403 e. The van der Waals surface area contributed by atoms with Crippen LogP contribution in [0.2, 0.25) is 0 Å². The Balaban J connectivity index is 1.76. The molecule has 112 valence electrons. The average Bonchev–Trinajstić information content (AvgIpc) is 2.71. The number of carbonyl (C=O) groups is 2. The molecule has 1 N–H and O–H groups in total. The number of nitrogens with one attached hydrogen (secondary N) is 1. The summed E-state index contributed by atoms with van der Waals surface area (Å²) >= 11 is 0. The lowest BCUT2D eigenvalue weighted by Gasteiger charge is -2.35. The zero-order chi connectivity index (χ0) is 15.2. The van der Waals surface area contributed by atoms with Crippen LogP contribution in [0.3, 0.4) is 0 Å². The Bertz CT molecular complexity index is 557. The van der Waals surface area contributed by atoms with Gasteiger partial charge >= 0.3 is 6.18 Å². The first-order valence-electron chi connectivity index (χ1n) is 6.66. The van der Waals surface area contributed by atoms with Gasteiger partial charge in [-0.3, -0.25) is 14.5 Å². The van der Waals surface area contributed by atoms with E-state index in [-0.39, 0.29) is 19.4 Å². The highest BCUT2D eigenvalue weighted by molar-refractivity contribution is 6.21. The molecule has 2 heterocycles. The highest BCUT2D eigenvalue weighted by Crippen LogP contribution is 2.31. The molecule has 2 aliphatic rings. The number of hydrogen-bond donors (Lipinski definition) is 1. The summed E-state index contributed by atoms with van der Waals surface area (Å²) in [6, 6.07) is 4.34. The molecule has 1 saturated heterocycles. The maximum Gasteiger partial charge on any atom is 0.403 e. The van der Waals surface area contributed by atoms with Gasteiger partial charge in [-0.15, -0.1) is 0 Å². The minimum Gasteiger partial charge on any atom is -0.304 e. The predicted molar refractivity (Wildman–Crippen MR) is 67.8 cm³/mol. The van der Waals surface area contributed by atoms with Crippen molar-refractivity contribution in [2.75, 3.05) is 6.54 Å². The van der Waals surface area contributed by atoms with E-state index in [1.165, 1.54) is 0 Å². The number of rotatable bonds is 1. The summed E-state index contributed by atoms with van der Waals surface area (Å²) in [5, 5.41) is 2.38. The van der Waals surface area contributed by atoms with E-state index in [0.717, 1.165) is 4.90 Å². The van der Waals surface area contributed by atoms with E-state index in [0.29, 0.717) is 11.1 Å². The molecule has 1 fully saturated rings. The number of carbonyl (C=O) groups excluding carboxylic acids is 2. The number of benzene rings is 1. The highest BCUT2D eigenvalue weighted by Gasteiger charge is 2.45. The molecule has 1 aromatic rings. The Kier molecular flexibility index (Phi) is 3.24. The van der Waals surface area contributed by atoms with Crippen molar-refractivity contribution in [3.63, 3.8) is 0 Å². The normalized spacial score (nSPS) is 26.1. The number of amides is 2. The summed E-state index contributed by atoms with van der Waals surface area (Å²) in [6.07, 6.45) is -4.28. The molecule has 21 heavy (non-hydrogen) atoms. The fourth-order valence-corrected chi connectivity index (χ4v) is 2.88. The van der Waals surface area contributed by atoms with Crippen LogP contribution >= 0.6 is 0 Å². The molecule has 2 atom stereocenters. The molecule has 2 amide bonds. The van der Waals surface area contributed by atoms with Crippen LogP contribution in [-0.4, -0.2) is 41.5 Å². The Hall–Kier alpha value is -1.89. The van der Waals surface area contributed by atoms with E-state index in [9.17, 15) is 22.8 Å². The van der Waals surface area contributed by atoms with Crippen molar-refractivity contribution in [3.05, 3.63) is 35.4 Å². The molecule has 0 bridgehead atoms. The van der Waals surface area contributed by atoms with Gasteiger partial charge in [-0.1, -0.05) is 12.1 Å². The second kappa shape index (κ2) is 4.84. The number of piperidine rings is 1. The molecule has 0 radical (unpaired) electrons. The minimum absolute atomic E-state index is 0.0321. The summed E-state index contributed by atoms with van der Waals surface area (Å²) in [4.78, 5) is 25.6. The molecule has 3 rings (SSSR count). The molecule has 0 saturated carbocycles. The molecular formula is C14H13F3N2O2. The summed E-state index contributed by atoms with van der Waals surface area (Å²) in [5.41, 5.74) is 0.640. The number of hydrogen-bond acceptors (Lipinski definition) is 3. The van der Waals surface area contributed by atoms with Gasteiger partial charge in [-0.2, -0.15) is 13.2 Å². The molecule has 7 heteroatoms. The van der Waals surface area contributed by atoms with E-state index < -0.39 is 30.1 Å². The van der Waals surface area contributed by atoms with Gasteiger partial charge in [0.25, 0.3) is 11.8 Å². The monoisotopic (exact) mass is 298 g/mol. The van der Waals surface area contributed by atoms with Crippen LogP contribution in [0.5, 0.6) is 0 Å². The molecular weight excluding hydrogens is 285 g/mol. The number of fused-ring (bicyclic) bond motifs is 1. The van der Waals surface area contributed by atoms with Gasteiger partial charge < -0.3 is 5.32 Å². The first-order chi connectivity index (χ1) is 9.89. The second-order valence-electron chi connectivity index (χ2n) is 5.26. The Morgan fingerprint density at radius 2 is 1.62 bits per heavy atom.